The quantitative estimate of drug-likeness (QED) is 0.220. The third kappa shape index (κ3) is 5.50. The van der Waals surface area contributed by atoms with Crippen molar-refractivity contribution in [3.8, 4) is 0 Å². The molecule has 0 fully saturated rings. The summed E-state index contributed by atoms with van der Waals surface area (Å²) in [6.45, 7) is 0. The SMILES string of the molecule is CO/C=C(/C(=O)/C=C/CC(=O)OC)C(=O)OC. The molecular weight excluding hydrogens is 228 g/mol. The molecule has 0 saturated carbocycles. The average molecular weight is 242 g/mol. The number of hydrogen-bond acceptors (Lipinski definition) is 6. The van der Waals surface area contributed by atoms with Crippen molar-refractivity contribution in [2.75, 3.05) is 21.3 Å². The number of carbonyl (C=O) groups excluding carboxylic acids is 3. The number of ketones is 1. The monoisotopic (exact) mass is 242 g/mol. The van der Waals surface area contributed by atoms with Gasteiger partial charge in [0, 0.05) is 0 Å². The van der Waals surface area contributed by atoms with E-state index in [0.717, 1.165) is 19.4 Å². The van der Waals surface area contributed by atoms with Crippen LogP contribution in [0.15, 0.2) is 24.0 Å². The van der Waals surface area contributed by atoms with Gasteiger partial charge in [-0.15, -0.1) is 0 Å². The summed E-state index contributed by atoms with van der Waals surface area (Å²) >= 11 is 0. The molecule has 0 saturated heterocycles. The van der Waals surface area contributed by atoms with Crippen LogP contribution in [-0.4, -0.2) is 39.1 Å². The van der Waals surface area contributed by atoms with Crippen molar-refractivity contribution < 1.29 is 28.6 Å². The van der Waals surface area contributed by atoms with Crippen LogP contribution in [0, 0.1) is 0 Å². The highest BCUT2D eigenvalue weighted by molar-refractivity contribution is 6.21. The molecule has 0 amide bonds. The Morgan fingerprint density at radius 3 is 2.18 bits per heavy atom. The smallest absolute Gasteiger partial charge is 0.345 e. The molecule has 0 N–H and O–H groups in total. The van der Waals surface area contributed by atoms with Crippen LogP contribution in [0.3, 0.4) is 0 Å². The minimum Gasteiger partial charge on any atom is -0.503 e. The summed E-state index contributed by atoms with van der Waals surface area (Å²) in [5, 5.41) is 0. The molecule has 0 radical (unpaired) electrons. The van der Waals surface area contributed by atoms with E-state index in [0.29, 0.717) is 0 Å². The Balaban J connectivity index is 4.60. The lowest BCUT2D eigenvalue weighted by atomic mass is 10.1. The molecule has 0 rings (SSSR count). The first-order valence-corrected chi connectivity index (χ1v) is 4.65. The molecule has 0 aromatic rings. The first-order chi connectivity index (χ1) is 8.06. The summed E-state index contributed by atoms with van der Waals surface area (Å²) in [6, 6.07) is 0. The number of hydrogen-bond donors (Lipinski definition) is 0. The van der Waals surface area contributed by atoms with Crippen molar-refractivity contribution in [3.05, 3.63) is 24.0 Å². The van der Waals surface area contributed by atoms with Gasteiger partial charge in [0.25, 0.3) is 0 Å². The highest BCUT2D eigenvalue weighted by Gasteiger charge is 2.16. The highest BCUT2D eigenvalue weighted by atomic mass is 16.5. The standard InChI is InChI=1S/C11H14O6/c1-15-7-8(11(14)17-3)9(12)5-4-6-10(13)16-2/h4-5,7H,6H2,1-3H3/b5-4+,8-7-. The van der Waals surface area contributed by atoms with Crippen LogP contribution in [0.1, 0.15) is 6.42 Å². The third-order valence-electron chi connectivity index (χ3n) is 1.69. The van der Waals surface area contributed by atoms with Gasteiger partial charge >= 0.3 is 11.9 Å². The molecule has 0 aromatic carbocycles. The van der Waals surface area contributed by atoms with Gasteiger partial charge in [0.2, 0.25) is 0 Å². The molecule has 6 heteroatoms. The predicted molar refractivity (Wildman–Crippen MR) is 57.9 cm³/mol. The zero-order valence-electron chi connectivity index (χ0n) is 9.89. The summed E-state index contributed by atoms with van der Waals surface area (Å²) < 4.78 is 13.4. The maximum atomic E-state index is 11.5. The molecule has 0 atom stereocenters. The fourth-order valence-corrected chi connectivity index (χ4v) is 0.870. The van der Waals surface area contributed by atoms with Gasteiger partial charge in [0.1, 0.15) is 11.8 Å². The Bertz CT molecular complexity index is 353. The third-order valence-corrected chi connectivity index (χ3v) is 1.69. The van der Waals surface area contributed by atoms with Crippen LogP contribution in [0.25, 0.3) is 0 Å². The molecule has 0 aliphatic rings. The van der Waals surface area contributed by atoms with E-state index in [2.05, 4.69) is 14.2 Å². The largest absolute Gasteiger partial charge is 0.503 e. The minimum absolute atomic E-state index is 0.0519. The average Bonchev–Trinajstić information content (AvgIpc) is 2.34. The molecule has 0 aliphatic heterocycles. The molecule has 94 valence electrons. The number of allylic oxidation sites excluding steroid dienone is 1. The Morgan fingerprint density at radius 2 is 1.71 bits per heavy atom. The number of esters is 2. The lowest BCUT2D eigenvalue weighted by Crippen LogP contribution is -2.13. The zero-order chi connectivity index (χ0) is 13.3. The maximum absolute atomic E-state index is 11.5. The van der Waals surface area contributed by atoms with Gasteiger partial charge in [0.05, 0.1) is 27.8 Å². The van der Waals surface area contributed by atoms with Gasteiger partial charge in [-0.25, -0.2) is 4.79 Å². The van der Waals surface area contributed by atoms with Gasteiger partial charge in [-0.3, -0.25) is 9.59 Å². The second kappa shape index (κ2) is 8.09. The summed E-state index contributed by atoms with van der Waals surface area (Å²) in [5.74, 6) is -1.90. The van der Waals surface area contributed by atoms with E-state index < -0.39 is 17.7 Å². The van der Waals surface area contributed by atoms with Gasteiger partial charge in [0.15, 0.2) is 5.78 Å². The fourth-order valence-electron chi connectivity index (χ4n) is 0.870. The molecule has 0 heterocycles. The first-order valence-electron chi connectivity index (χ1n) is 4.65. The van der Waals surface area contributed by atoms with Gasteiger partial charge in [-0.2, -0.15) is 0 Å². The van der Waals surface area contributed by atoms with Crippen LogP contribution in [-0.2, 0) is 28.6 Å². The van der Waals surface area contributed by atoms with Crippen LogP contribution in [0.4, 0.5) is 0 Å². The second-order valence-corrected chi connectivity index (χ2v) is 2.81. The lowest BCUT2D eigenvalue weighted by molar-refractivity contribution is -0.139. The van der Waals surface area contributed by atoms with E-state index in [1.807, 2.05) is 0 Å². The second-order valence-electron chi connectivity index (χ2n) is 2.81. The van der Waals surface area contributed by atoms with Crippen molar-refractivity contribution in [1.29, 1.82) is 0 Å². The topological polar surface area (TPSA) is 78.9 Å². The van der Waals surface area contributed by atoms with Gasteiger partial charge in [-0.1, -0.05) is 6.08 Å². The van der Waals surface area contributed by atoms with Crippen LogP contribution in [0.2, 0.25) is 0 Å². The molecular formula is C11H14O6. The number of rotatable bonds is 6. The molecule has 6 nitrogen and oxygen atoms in total. The van der Waals surface area contributed by atoms with E-state index in [1.165, 1.54) is 20.3 Å². The van der Waals surface area contributed by atoms with Crippen molar-refractivity contribution >= 4 is 17.7 Å². The van der Waals surface area contributed by atoms with Crippen LogP contribution < -0.4 is 0 Å². The first kappa shape index (κ1) is 14.9. The molecule has 17 heavy (non-hydrogen) atoms. The van der Waals surface area contributed by atoms with Crippen LogP contribution >= 0.6 is 0 Å². The van der Waals surface area contributed by atoms with Crippen molar-refractivity contribution in [3.63, 3.8) is 0 Å². The summed E-state index contributed by atoms with van der Waals surface area (Å²) in [4.78, 5) is 33.5. The Labute approximate surface area is 98.8 Å². The summed E-state index contributed by atoms with van der Waals surface area (Å²) in [7, 11) is 3.69. The minimum atomic E-state index is -0.806. The number of carbonyl (C=O) groups is 3. The lowest BCUT2D eigenvalue weighted by Gasteiger charge is -2.00. The van der Waals surface area contributed by atoms with E-state index in [-0.39, 0.29) is 12.0 Å². The predicted octanol–water partition coefficient (Wildman–Crippen LogP) is 0.378. The molecule has 0 aromatic heterocycles. The fraction of sp³-hybridized carbons (Fsp3) is 0.364. The van der Waals surface area contributed by atoms with Gasteiger partial charge < -0.3 is 14.2 Å². The summed E-state index contributed by atoms with van der Waals surface area (Å²) in [5.41, 5.74) is -0.254. The molecule has 0 unspecified atom stereocenters. The molecule has 0 aliphatic carbocycles. The number of methoxy groups -OCH3 is 3. The van der Waals surface area contributed by atoms with Gasteiger partial charge in [-0.05, 0) is 6.08 Å². The highest BCUT2D eigenvalue weighted by Crippen LogP contribution is 2.02. The Morgan fingerprint density at radius 1 is 1.06 bits per heavy atom. The zero-order valence-corrected chi connectivity index (χ0v) is 9.89. The van der Waals surface area contributed by atoms with E-state index in [1.54, 1.807) is 0 Å². The molecule has 0 bridgehead atoms. The summed E-state index contributed by atoms with van der Waals surface area (Å²) in [6.07, 6.45) is 3.31. The van der Waals surface area contributed by atoms with Crippen molar-refractivity contribution in [2.45, 2.75) is 6.42 Å². The van der Waals surface area contributed by atoms with E-state index in [4.69, 9.17) is 0 Å². The normalized spacial score (nSPS) is 11.1. The van der Waals surface area contributed by atoms with Crippen molar-refractivity contribution in [2.24, 2.45) is 0 Å². The van der Waals surface area contributed by atoms with Crippen LogP contribution in [0.5, 0.6) is 0 Å². The Hall–Kier alpha value is -2.11. The van der Waals surface area contributed by atoms with Crippen molar-refractivity contribution in [1.82, 2.24) is 0 Å². The van der Waals surface area contributed by atoms with E-state index >= 15 is 0 Å². The maximum Gasteiger partial charge on any atom is 0.345 e. The molecule has 0 spiro atoms. The van der Waals surface area contributed by atoms with E-state index in [9.17, 15) is 14.4 Å². The number of ether oxygens (including phenoxy) is 3. The Kier molecular flexibility index (Phi) is 7.09.